The highest BCUT2D eigenvalue weighted by atomic mass is 79.9. The van der Waals surface area contributed by atoms with Crippen LogP contribution < -0.4 is 5.32 Å². The molecule has 15 heavy (non-hydrogen) atoms. The lowest BCUT2D eigenvalue weighted by Gasteiger charge is -2.21. The second-order valence-electron chi connectivity index (χ2n) is 3.93. The van der Waals surface area contributed by atoms with Crippen LogP contribution in [0.2, 0.25) is 0 Å². The lowest BCUT2D eigenvalue weighted by molar-refractivity contribution is 0.401. The summed E-state index contributed by atoms with van der Waals surface area (Å²) in [6.07, 6.45) is 4.34. The maximum atomic E-state index is 4.28. The van der Waals surface area contributed by atoms with E-state index in [1.165, 1.54) is 0 Å². The van der Waals surface area contributed by atoms with Crippen LogP contribution in [0, 0.1) is 5.92 Å². The van der Waals surface area contributed by atoms with Crippen molar-refractivity contribution in [3.63, 3.8) is 0 Å². The van der Waals surface area contributed by atoms with Gasteiger partial charge in [-0.1, -0.05) is 20.8 Å². The molecule has 4 heteroatoms. The topological polar surface area (TPSA) is 37.8 Å². The fourth-order valence-corrected chi connectivity index (χ4v) is 1.88. The van der Waals surface area contributed by atoms with Gasteiger partial charge in [-0.15, -0.1) is 0 Å². The number of hydrogen-bond acceptors (Lipinski definition) is 3. The van der Waals surface area contributed by atoms with Gasteiger partial charge in [-0.05, 0) is 28.4 Å². The first kappa shape index (κ1) is 12.6. The summed E-state index contributed by atoms with van der Waals surface area (Å²) in [7, 11) is 0. The van der Waals surface area contributed by atoms with Gasteiger partial charge in [0, 0.05) is 18.7 Å². The highest BCUT2D eigenvalue weighted by molar-refractivity contribution is 9.10. The molecule has 1 unspecified atom stereocenters. The fourth-order valence-electron chi connectivity index (χ4n) is 1.50. The van der Waals surface area contributed by atoms with Crippen LogP contribution in [0.3, 0.4) is 0 Å². The molecule has 1 atom stereocenters. The van der Waals surface area contributed by atoms with E-state index in [1.807, 2.05) is 0 Å². The second-order valence-corrected chi connectivity index (χ2v) is 4.78. The monoisotopic (exact) mass is 271 g/mol. The summed E-state index contributed by atoms with van der Waals surface area (Å²) < 4.78 is 0.994. The third-order valence-corrected chi connectivity index (χ3v) is 3.09. The molecule has 0 radical (unpaired) electrons. The van der Waals surface area contributed by atoms with E-state index in [-0.39, 0.29) is 0 Å². The van der Waals surface area contributed by atoms with Gasteiger partial charge in [0.05, 0.1) is 10.2 Å². The predicted molar refractivity (Wildman–Crippen MR) is 65.7 cm³/mol. The number of nitrogens with one attached hydrogen (secondary N) is 1. The molecule has 1 heterocycles. The number of nitrogens with zero attached hydrogens (tertiary/aromatic N) is 2. The van der Waals surface area contributed by atoms with Crippen LogP contribution in [-0.2, 0) is 6.42 Å². The van der Waals surface area contributed by atoms with Gasteiger partial charge in [-0.3, -0.25) is 0 Å². The van der Waals surface area contributed by atoms with E-state index in [1.54, 1.807) is 12.5 Å². The van der Waals surface area contributed by atoms with E-state index in [9.17, 15) is 0 Å². The van der Waals surface area contributed by atoms with Gasteiger partial charge in [-0.2, -0.15) is 0 Å². The molecule has 1 aromatic rings. The highest BCUT2D eigenvalue weighted by Crippen LogP contribution is 2.16. The number of hydrogen-bond donors (Lipinski definition) is 1. The zero-order valence-electron chi connectivity index (χ0n) is 9.50. The summed E-state index contributed by atoms with van der Waals surface area (Å²) in [5, 5.41) is 3.48. The smallest absolute Gasteiger partial charge is 0.115 e. The minimum Gasteiger partial charge on any atom is -0.314 e. The molecule has 0 fully saturated rings. The molecule has 0 aromatic carbocycles. The fraction of sp³-hybridized carbons (Fsp3) is 0.636. The zero-order chi connectivity index (χ0) is 11.3. The van der Waals surface area contributed by atoms with Crippen molar-refractivity contribution < 1.29 is 0 Å². The molecule has 0 aliphatic rings. The molecule has 0 aliphatic carbocycles. The Morgan fingerprint density at radius 2 is 2.20 bits per heavy atom. The van der Waals surface area contributed by atoms with Crippen molar-refractivity contribution in [1.29, 1.82) is 0 Å². The molecule has 0 saturated heterocycles. The van der Waals surface area contributed by atoms with Crippen LogP contribution in [0.1, 0.15) is 26.5 Å². The quantitative estimate of drug-likeness (QED) is 0.894. The van der Waals surface area contributed by atoms with E-state index in [0.29, 0.717) is 12.0 Å². The zero-order valence-corrected chi connectivity index (χ0v) is 11.1. The molecule has 0 spiro atoms. The summed E-state index contributed by atoms with van der Waals surface area (Å²) in [6, 6.07) is 0.473. The van der Waals surface area contributed by atoms with Crippen LogP contribution in [0.15, 0.2) is 17.0 Å². The average molecular weight is 272 g/mol. The van der Waals surface area contributed by atoms with E-state index in [2.05, 4.69) is 52.0 Å². The maximum absolute atomic E-state index is 4.28. The summed E-state index contributed by atoms with van der Waals surface area (Å²) in [5.41, 5.74) is 1.07. The molecule has 3 nitrogen and oxygen atoms in total. The van der Waals surface area contributed by atoms with E-state index in [0.717, 1.165) is 23.1 Å². The highest BCUT2D eigenvalue weighted by Gasteiger charge is 2.14. The predicted octanol–water partition coefficient (Wildman–Crippen LogP) is 2.42. The Bertz CT molecular complexity index is 302. The molecule has 0 amide bonds. The standard InChI is InChI=1S/C11H18BrN3/c1-4-14-10(8(2)3)5-11-9(12)6-13-7-15-11/h6-8,10,14H,4-5H2,1-3H3. The van der Waals surface area contributed by atoms with Crippen molar-refractivity contribution in [3.05, 3.63) is 22.7 Å². The molecule has 0 bridgehead atoms. The second kappa shape index (κ2) is 6.18. The van der Waals surface area contributed by atoms with Crippen molar-refractivity contribution in [2.24, 2.45) is 5.92 Å². The SMILES string of the molecule is CCNC(Cc1ncncc1Br)C(C)C. The summed E-state index contributed by atoms with van der Waals surface area (Å²) in [6.45, 7) is 7.57. The molecule has 1 aromatic heterocycles. The molecular formula is C11H18BrN3. The molecule has 0 aliphatic heterocycles. The van der Waals surface area contributed by atoms with Gasteiger partial charge >= 0.3 is 0 Å². The third kappa shape index (κ3) is 3.87. The number of rotatable bonds is 5. The molecule has 84 valence electrons. The Hall–Kier alpha value is -0.480. The van der Waals surface area contributed by atoms with E-state index in [4.69, 9.17) is 0 Å². The van der Waals surface area contributed by atoms with Crippen LogP contribution >= 0.6 is 15.9 Å². The molecule has 1 rings (SSSR count). The largest absolute Gasteiger partial charge is 0.314 e. The minimum absolute atomic E-state index is 0.473. The number of halogens is 1. The Balaban J connectivity index is 2.69. The first-order valence-electron chi connectivity index (χ1n) is 5.33. The van der Waals surface area contributed by atoms with Crippen LogP contribution in [0.5, 0.6) is 0 Å². The number of aromatic nitrogens is 2. The van der Waals surface area contributed by atoms with Crippen LogP contribution in [0.25, 0.3) is 0 Å². The Kier molecular flexibility index (Phi) is 5.19. The van der Waals surface area contributed by atoms with Gasteiger partial charge in [0.25, 0.3) is 0 Å². The minimum atomic E-state index is 0.473. The normalized spacial score (nSPS) is 13.1. The number of likely N-dealkylation sites (N-methyl/N-ethyl adjacent to an activating group) is 1. The lowest BCUT2D eigenvalue weighted by Crippen LogP contribution is -2.35. The van der Waals surface area contributed by atoms with Crippen molar-refractivity contribution in [3.8, 4) is 0 Å². The van der Waals surface area contributed by atoms with Crippen molar-refractivity contribution >= 4 is 15.9 Å². The van der Waals surface area contributed by atoms with Crippen molar-refractivity contribution in [2.45, 2.75) is 33.2 Å². The molecule has 1 N–H and O–H groups in total. The Morgan fingerprint density at radius 1 is 1.47 bits per heavy atom. The van der Waals surface area contributed by atoms with E-state index >= 15 is 0 Å². The van der Waals surface area contributed by atoms with Gasteiger partial charge in [0.1, 0.15) is 6.33 Å². The summed E-state index contributed by atoms with van der Waals surface area (Å²) in [5.74, 6) is 0.604. The Labute approximate surface area is 99.8 Å². The lowest BCUT2D eigenvalue weighted by atomic mass is 9.99. The first-order valence-corrected chi connectivity index (χ1v) is 6.12. The Morgan fingerprint density at radius 3 is 2.73 bits per heavy atom. The summed E-state index contributed by atoms with van der Waals surface area (Å²) >= 11 is 3.47. The average Bonchev–Trinajstić information content (AvgIpc) is 2.20. The van der Waals surface area contributed by atoms with Gasteiger partial charge in [0.15, 0.2) is 0 Å². The van der Waals surface area contributed by atoms with Crippen molar-refractivity contribution in [2.75, 3.05) is 6.54 Å². The molecule has 0 saturated carbocycles. The van der Waals surface area contributed by atoms with E-state index < -0.39 is 0 Å². The van der Waals surface area contributed by atoms with Gasteiger partial charge < -0.3 is 5.32 Å². The summed E-state index contributed by atoms with van der Waals surface area (Å²) in [4.78, 5) is 8.25. The first-order chi connectivity index (χ1) is 7.15. The third-order valence-electron chi connectivity index (χ3n) is 2.43. The molecular weight excluding hydrogens is 254 g/mol. The maximum Gasteiger partial charge on any atom is 0.115 e. The van der Waals surface area contributed by atoms with Crippen LogP contribution in [0.4, 0.5) is 0 Å². The van der Waals surface area contributed by atoms with Gasteiger partial charge in [0.2, 0.25) is 0 Å². The van der Waals surface area contributed by atoms with Crippen molar-refractivity contribution in [1.82, 2.24) is 15.3 Å². The van der Waals surface area contributed by atoms with Crippen LogP contribution in [-0.4, -0.2) is 22.6 Å². The van der Waals surface area contributed by atoms with Gasteiger partial charge in [-0.25, -0.2) is 9.97 Å².